The van der Waals surface area contributed by atoms with E-state index in [-0.39, 0.29) is 18.2 Å². The van der Waals surface area contributed by atoms with Crippen molar-refractivity contribution in [1.29, 1.82) is 0 Å². The van der Waals surface area contributed by atoms with Crippen molar-refractivity contribution in [2.75, 3.05) is 24.5 Å². The Morgan fingerprint density at radius 2 is 2.16 bits per heavy atom. The Bertz CT molecular complexity index is 656. The maximum Gasteiger partial charge on any atom is 0.324 e. The third kappa shape index (κ3) is 4.09. The van der Waals surface area contributed by atoms with Gasteiger partial charge in [0, 0.05) is 25.0 Å². The van der Waals surface area contributed by atoms with Crippen LogP contribution in [0, 0.1) is 0 Å². The minimum atomic E-state index is -0.769. The van der Waals surface area contributed by atoms with Crippen molar-refractivity contribution in [2.24, 2.45) is 0 Å². The van der Waals surface area contributed by atoms with Crippen molar-refractivity contribution in [1.82, 2.24) is 20.5 Å². The van der Waals surface area contributed by atoms with Gasteiger partial charge in [-0.25, -0.2) is 9.78 Å². The van der Waals surface area contributed by atoms with Crippen LogP contribution >= 0.6 is 11.3 Å². The highest BCUT2D eigenvalue weighted by molar-refractivity contribution is 7.13. The molecule has 1 unspecified atom stereocenters. The topological polar surface area (TPSA) is 94.6 Å². The van der Waals surface area contributed by atoms with Crippen molar-refractivity contribution >= 4 is 34.3 Å². The first-order valence-corrected chi connectivity index (χ1v) is 9.54. The van der Waals surface area contributed by atoms with Gasteiger partial charge in [0.2, 0.25) is 5.91 Å². The zero-order chi connectivity index (χ0) is 17.8. The fourth-order valence-corrected chi connectivity index (χ4v) is 3.91. The quantitative estimate of drug-likeness (QED) is 0.705. The van der Waals surface area contributed by atoms with Crippen molar-refractivity contribution in [3.05, 3.63) is 11.1 Å². The van der Waals surface area contributed by atoms with Crippen LogP contribution in [0.2, 0.25) is 0 Å². The average molecular weight is 365 g/mol. The van der Waals surface area contributed by atoms with Gasteiger partial charge < -0.3 is 15.5 Å². The Morgan fingerprint density at radius 1 is 1.40 bits per heavy atom. The van der Waals surface area contributed by atoms with E-state index in [4.69, 9.17) is 0 Å². The molecule has 2 fully saturated rings. The van der Waals surface area contributed by atoms with Gasteiger partial charge in [0.1, 0.15) is 6.04 Å². The Kier molecular flexibility index (Phi) is 5.52. The fourth-order valence-electron chi connectivity index (χ4n) is 3.03. The van der Waals surface area contributed by atoms with Crippen LogP contribution in [0.4, 0.5) is 9.93 Å². The van der Waals surface area contributed by atoms with E-state index in [0.717, 1.165) is 23.9 Å². The number of anilines is 1. The number of nitrogens with zero attached hydrogens (tertiary/aromatic N) is 3. The van der Waals surface area contributed by atoms with E-state index in [1.165, 1.54) is 17.7 Å². The SMILES string of the molecule is CCCN1C(=O)NC(CC(=O)NCc2csc(N3CCCC3)n2)C1=O. The van der Waals surface area contributed by atoms with Crippen LogP contribution in [0.5, 0.6) is 0 Å². The Hall–Kier alpha value is -2.16. The van der Waals surface area contributed by atoms with Crippen LogP contribution in [0.1, 0.15) is 38.3 Å². The summed E-state index contributed by atoms with van der Waals surface area (Å²) in [5.41, 5.74) is 0.814. The molecule has 4 amide bonds. The molecule has 2 saturated heterocycles. The summed E-state index contributed by atoms with van der Waals surface area (Å²) >= 11 is 1.58. The van der Waals surface area contributed by atoms with Crippen molar-refractivity contribution < 1.29 is 14.4 Å². The first-order chi connectivity index (χ1) is 12.1. The minimum Gasteiger partial charge on any atom is -0.350 e. The first kappa shape index (κ1) is 17.7. The molecular weight excluding hydrogens is 342 g/mol. The summed E-state index contributed by atoms with van der Waals surface area (Å²) in [6, 6.07) is -1.19. The largest absolute Gasteiger partial charge is 0.350 e. The number of hydrogen-bond donors (Lipinski definition) is 2. The number of carbonyl (C=O) groups is 3. The molecule has 1 aromatic heterocycles. The molecular formula is C16H23N5O3S. The number of nitrogens with one attached hydrogen (secondary N) is 2. The third-order valence-corrected chi connectivity index (χ3v) is 5.28. The lowest BCUT2D eigenvalue weighted by molar-refractivity contribution is -0.130. The van der Waals surface area contributed by atoms with Crippen molar-refractivity contribution in [3.63, 3.8) is 0 Å². The number of hydrogen-bond acceptors (Lipinski definition) is 6. The summed E-state index contributed by atoms with van der Waals surface area (Å²) in [6.07, 6.45) is 3.04. The van der Waals surface area contributed by atoms with E-state index in [1.807, 2.05) is 12.3 Å². The maximum absolute atomic E-state index is 12.1. The highest BCUT2D eigenvalue weighted by Gasteiger charge is 2.38. The average Bonchev–Trinajstić information content (AvgIpc) is 3.31. The van der Waals surface area contributed by atoms with Gasteiger partial charge in [0.05, 0.1) is 18.7 Å². The molecule has 0 spiro atoms. The van der Waals surface area contributed by atoms with Crippen LogP contribution in [0.15, 0.2) is 5.38 Å². The lowest BCUT2D eigenvalue weighted by atomic mass is 10.2. The maximum atomic E-state index is 12.1. The molecule has 0 aliphatic carbocycles. The van der Waals surface area contributed by atoms with Crippen LogP contribution < -0.4 is 15.5 Å². The summed E-state index contributed by atoms with van der Waals surface area (Å²) in [4.78, 5) is 43.9. The van der Waals surface area contributed by atoms with Crippen LogP contribution in [0.25, 0.3) is 0 Å². The van der Waals surface area contributed by atoms with Crippen molar-refractivity contribution in [3.8, 4) is 0 Å². The summed E-state index contributed by atoms with van der Waals surface area (Å²) in [5.74, 6) is -0.598. The van der Waals surface area contributed by atoms with Gasteiger partial charge in [-0.1, -0.05) is 6.92 Å². The Morgan fingerprint density at radius 3 is 2.88 bits per heavy atom. The van der Waals surface area contributed by atoms with E-state index in [2.05, 4.69) is 20.5 Å². The van der Waals surface area contributed by atoms with Gasteiger partial charge in [-0.15, -0.1) is 11.3 Å². The fraction of sp³-hybridized carbons (Fsp3) is 0.625. The second kappa shape index (κ2) is 7.81. The van der Waals surface area contributed by atoms with Gasteiger partial charge in [0.15, 0.2) is 5.13 Å². The van der Waals surface area contributed by atoms with Crippen LogP contribution in [-0.4, -0.2) is 53.4 Å². The van der Waals surface area contributed by atoms with Gasteiger partial charge >= 0.3 is 6.03 Å². The Balaban J connectivity index is 1.47. The molecule has 2 aliphatic heterocycles. The second-order valence-electron chi connectivity index (χ2n) is 6.29. The van der Waals surface area contributed by atoms with Gasteiger partial charge in [-0.05, 0) is 19.3 Å². The predicted octanol–water partition coefficient (Wildman–Crippen LogP) is 1.08. The summed E-state index contributed by atoms with van der Waals surface area (Å²) in [5, 5.41) is 8.28. The van der Waals surface area contributed by atoms with Crippen LogP contribution in [0.3, 0.4) is 0 Å². The van der Waals surface area contributed by atoms with E-state index in [9.17, 15) is 14.4 Å². The third-order valence-electron chi connectivity index (χ3n) is 4.33. The van der Waals surface area contributed by atoms with Gasteiger partial charge in [-0.3, -0.25) is 14.5 Å². The normalized spacial score (nSPS) is 20.3. The summed E-state index contributed by atoms with van der Waals surface area (Å²) in [6.45, 7) is 4.68. The number of carbonyl (C=O) groups excluding carboxylic acids is 3. The molecule has 0 aromatic carbocycles. The molecule has 9 heteroatoms. The zero-order valence-corrected chi connectivity index (χ0v) is 15.1. The molecule has 136 valence electrons. The molecule has 25 heavy (non-hydrogen) atoms. The number of aromatic nitrogens is 1. The smallest absolute Gasteiger partial charge is 0.324 e. The predicted molar refractivity (Wildman–Crippen MR) is 94.3 cm³/mol. The zero-order valence-electron chi connectivity index (χ0n) is 14.3. The molecule has 8 nitrogen and oxygen atoms in total. The highest BCUT2D eigenvalue weighted by Crippen LogP contribution is 2.24. The number of amides is 4. The number of urea groups is 1. The van der Waals surface area contributed by atoms with E-state index >= 15 is 0 Å². The van der Waals surface area contributed by atoms with Crippen molar-refractivity contribution in [2.45, 2.75) is 45.2 Å². The standard InChI is InChI=1S/C16H23N5O3S/c1-2-5-21-14(23)12(19-15(21)24)8-13(22)17-9-11-10-25-16(18-11)20-6-3-4-7-20/h10,12H,2-9H2,1H3,(H,17,22)(H,19,24). The minimum absolute atomic E-state index is 0.0477. The lowest BCUT2D eigenvalue weighted by Crippen LogP contribution is -2.36. The Labute approximate surface area is 150 Å². The monoisotopic (exact) mass is 365 g/mol. The molecule has 0 saturated carbocycles. The molecule has 1 atom stereocenters. The number of thiazole rings is 1. The number of rotatable bonds is 7. The first-order valence-electron chi connectivity index (χ1n) is 8.66. The molecule has 0 radical (unpaired) electrons. The number of imide groups is 1. The molecule has 0 bridgehead atoms. The summed E-state index contributed by atoms with van der Waals surface area (Å²) < 4.78 is 0. The van der Waals surface area contributed by atoms with Gasteiger partial charge in [0.25, 0.3) is 5.91 Å². The second-order valence-corrected chi connectivity index (χ2v) is 7.12. The molecule has 1 aromatic rings. The summed E-state index contributed by atoms with van der Waals surface area (Å²) in [7, 11) is 0. The molecule has 3 rings (SSSR count). The van der Waals surface area contributed by atoms with E-state index in [1.54, 1.807) is 11.3 Å². The van der Waals surface area contributed by atoms with E-state index in [0.29, 0.717) is 19.5 Å². The van der Waals surface area contributed by atoms with Crippen LogP contribution in [-0.2, 0) is 16.1 Å². The molecule has 2 N–H and O–H groups in total. The lowest BCUT2D eigenvalue weighted by Gasteiger charge is -2.12. The highest BCUT2D eigenvalue weighted by atomic mass is 32.1. The molecule has 3 heterocycles. The van der Waals surface area contributed by atoms with Gasteiger partial charge in [-0.2, -0.15) is 0 Å². The molecule has 2 aliphatic rings. The van der Waals surface area contributed by atoms with E-state index < -0.39 is 12.1 Å².